The molecular weight excluding hydrogens is 324 g/mol. The van der Waals surface area contributed by atoms with E-state index >= 15 is 0 Å². The predicted octanol–water partition coefficient (Wildman–Crippen LogP) is 7.95. The molecule has 27 heavy (non-hydrogen) atoms. The molecule has 0 radical (unpaired) electrons. The summed E-state index contributed by atoms with van der Waals surface area (Å²) in [7, 11) is 0. The van der Waals surface area contributed by atoms with Crippen molar-refractivity contribution in [1.29, 1.82) is 0 Å². The van der Waals surface area contributed by atoms with Crippen molar-refractivity contribution < 1.29 is 0 Å². The van der Waals surface area contributed by atoms with E-state index in [0.29, 0.717) is 5.41 Å². The standard InChI is InChI=1S/C27H34/c1-5-27(15-6-7-16-27)19-20-17-22-9-8-10-24(25(22)18-20)21-11-13-23(14-12-21)26(2,3)4/h8-14,18H,5-7,15-17,19H2,1-4H3. The van der Waals surface area contributed by atoms with Crippen LogP contribution in [0.4, 0.5) is 0 Å². The van der Waals surface area contributed by atoms with Crippen LogP contribution in [0.3, 0.4) is 0 Å². The lowest BCUT2D eigenvalue weighted by molar-refractivity contribution is 0.281. The topological polar surface area (TPSA) is 0 Å². The molecule has 0 heterocycles. The Morgan fingerprint density at radius 1 is 0.926 bits per heavy atom. The molecule has 0 N–H and O–H groups in total. The third-order valence-electron chi connectivity index (χ3n) is 7.04. The van der Waals surface area contributed by atoms with Gasteiger partial charge in [0.2, 0.25) is 0 Å². The Bertz CT molecular complexity index is 837. The lowest BCUT2D eigenvalue weighted by Gasteiger charge is -2.28. The molecule has 0 saturated heterocycles. The van der Waals surface area contributed by atoms with Gasteiger partial charge in [-0.05, 0) is 64.3 Å². The molecule has 2 aromatic rings. The summed E-state index contributed by atoms with van der Waals surface area (Å²) in [5.74, 6) is 0. The molecule has 2 aliphatic rings. The molecule has 2 aromatic carbocycles. The minimum atomic E-state index is 0.208. The molecule has 2 aliphatic carbocycles. The second-order valence-corrected chi connectivity index (χ2v) is 9.92. The van der Waals surface area contributed by atoms with Gasteiger partial charge < -0.3 is 0 Å². The molecular formula is C27H34. The summed E-state index contributed by atoms with van der Waals surface area (Å²) in [5, 5.41) is 0. The van der Waals surface area contributed by atoms with Crippen molar-refractivity contribution in [3.63, 3.8) is 0 Å². The normalized spacial score (nSPS) is 18.4. The maximum atomic E-state index is 2.53. The summed E-state index contributed by atoms with van der Waals surface area (Å²) in [4.78, 5) is 0. The molecule has 0 atom stereocenters. The van der Waals surface area contributed by atoms with Gasteiger partial charge in [0, 0.05) is 0 Å². The zero-order valence-corrected chi connectivity index (χ0v) is 17.6. The van der Waals surface area contributed by atoms with Gasteiger partial charge in [-0.3, -0.25) is 0 Å². The lowest BCUT2D eigenvalue weighted by atomic mass is 9.77. The van der Waals surface area contributed by atoms with Crippen molar-refractivity contribution in [2.75, 3.05) is 0 Å². The highest BCUT2D eigenvalue weighted by Crippen LogP contribution is 2.48. The van der Waals surface area contributed by atoms with Gasteiger partial charge in [-0.15, -0.1) is 0 Å². The molecule has 4 rings (SSSR count). The SMILES string of the molecule is CCC1(CC2=Cc3c(cccc3-c3ccc(C(C)(C)C)cc3)C2)CCCC1. The van der Waals surface area contributed by atoms with Crippen LogP contribution in [0.2, 0.25) is 0 Å². The van der Waals surface area contributed by atoms with Gasteiger partial charge in [0.1, 0.15) is 0 Å². The molecule has 1 saturated carbocycles. The van der Waals surface area contributed by atoms with E-state index < -0.39 is 0 Å². The summed E-state index contributed by atoms with van der Waals surface area (Å²) in [6.07, 6.45) is 12.0. The molecule has 0 bridgehead atoms. The van der Waals surface area contributed by atoms with Crippen LogP contribution in [-0.4, -0.2) is 0 Å². The van der Waals surface area contributed by atoms with E-state index in [1.807, 2.05) is 0 Å². The summed E-state index contributed by atoms with van der Waals surface area (Å²) in [6.45, 7) is 9.24. The highest BCUT2D eigenvalue weighted by molar-refractivity contribution is 5.81. The predicted molar refractivity (Wildman–Crippen MR) is 118 cm³/mol. The molecule has 1 fully saturated rings. The van der Waals surface area contributed by atoms with Crippen LogP contribution in [0.1, 0.15) is 82.9 Å². The fourth-order valence-corrected chi connectivity index (χ4v) is 5.21. The smallest absolute Gasteiger partial charge is 0.00574 e. The molecule has 0 amide bonds. The van der Waals surface area contributed by atoms with Crippen molar-refractivity contribution in [1.82, 2.24) is 0 Å². The Labute approximate surface area is 165 Å². The summed E-state index contributed by atoms with van der Waals surface area (Å²) in [5.41, 5.74) is 9.60. The van der Waals surface area contributed by atoms with Crippen LogP contribution in [0.5, 0.6) is 0 Å². The van der Waals surface area contributed by atoms with E-state index in [-0.39, 0.29) is 5.41 Å². The number of fused-ring (bicyclic) bond motifs is 1. The molecule has 0 spiro atoms. The fraction of sp³-hybridized carbons (Fsp3) is 0.481. The quantitative estimate of drug-likeness (QED) is 0.520. The van der Waals surface area contributed by atoms with Crippen LogP contribution in [0, 0.1) is 5.41 Å². The third kappa shape index (κ3) is 3.64. The Kier molecular flexibility index (Phi) is 4.78. The van der Waals surface area contributed by atoms with Gasteiger partial charge in [0.25, 0.3) is 0 Å². The van der Waals surface area contributed by atoms with Gasteiger partial charge in [-0.1, -0.05) is 101 Å². The summed E-state index contributed by atoms with van der Waals surface area (Å²) < 4.78 is 0. The zero-order valence-electron chi connectivity index (χ0n) is 17.6. The fourth-order valence-electron chi connectivity index (χ4n) is 5.21. The molecule has 142 valence electrons. The van der Waals surface area contributed by atoms with Crippen molar-refractivity contribution in [2.45, 2.75) is 78.1 Å². The van der Waals surface area contributed by atoms with E-state index in [2.05, 4.69) is 76.2 Å². The second-order valence-electron chi connectivity index (χ2n) is 9.92. The van der Waals surface area contributed by atoms with E-state index in [1.165, 1.54) is 66.3 Å². The van der Waals surface area contributed by atoms with E-state index in [9.17, 15) is 0 Å². The number of allylic oxidation sites excluding steroid dienone is 1. The van der Waals surface area contributed by atoms with Crippen LogP contribution in [-0.2, 0) is 11.8 Å². The zero-order chi connectivity index (χ0) is 19.1. The molecule has 0 heteroatoms. The van der Waals surface area contributed by atoms with Crippen molar-refractivity contribution >= 4 is 6.08 Å². The van der Waals surface area contributed by atoms with Crippen LogP contribution in [0.15, 0.2) is 48.0 Å². The summed E-state index contributed by atoms with van der Waals surface area (Å²) >= 11 is 0. The van der Waals surface area contributed by atoms with E-state index in [4.69, 9.17) is 0 Å². The first-order valence-electron chi connectivity index (χ1n) is 10.8. The Hall–Kier alpha value is -1.82. The van der Waals surface area contributed by atoms with Crippen LogP contribution in [0.25, 0.3) is 17.2 Å². The number of hydrogen-bond acceptors (Lipinski definition) is 0. The maximum absolute atomic E-state index is 2.53. The van der Waals surface area contributed by atoms with Gasteiger partial charge in [-0.25, -0.2) is 0 Å². The van der Waals surface area contributed by atoms with Crippen LogP contribution < -0.4 is 0 Å². The largest absolute Gasteiger partial charge is 0.0648 e. The Morgan fingerprint density at radius 3 is 2.26 bits per heavy atom. The molecule has 0 nitrogen and oxygen atoms in total. The van der Waals surface area contributed by atoms with E-state index in [0.717, 1.165) is 6.42 Å². The van der Waals surface area contributed by atoms with Gasteiger partial charge in [0.05, 0.1) is 0 Å². The van der Waals surface area contributed by atoms with Gasteiger partial charge >= 0.3 is 0 Å². The van der Waals surface area contributed by atoms with Crippen molar-refractivity contribution in [3.05, 3.63) is 64.7 Å². The Morgan fingerprint density at radius 2 is 1.63 bits per heavy atom. The highest BCUT2D eigenvalue weighted by Gasteiger charge is 2.33. The number of benzene rings is 2. The minimum Gasteiger partial charge on any atom is -0.0648 e. The number of rotatable bonds is 4. The second kappa shape index (κ2) is 6.97. The van der Waals surface area contributed by atoms with Crippen molar-refractivity contribution in [3.8, 4) is 11.1 Å². The van der Waals surface area contributed by atoms with E-state index in [1.54, 1.807) is 5.57 Å². The molecule has 0 aromatic heterocycles. The average Bonchev–Trinajstić information content (AvgIpc) is 3.28. The van der Waals surface area contributed by atoms with Crippen LogP contribution >= 0.6 is 0 Å². The molecule has 0 unspecified atom stereocenters. The van der Waals surface area contributed by atoms with Crippen molar-refractivity contribution in [2.24, 2.45) is 5.41 Å². The maximum Gasteiger partial charge on any atom is -0.00574 e. The Balaban J connectivity index is 1.63. The first-order chi connectivity index (χ1) is 12.9. The monoisotopic (exact) mass is 358 g/mol. The highest BCUT2D eigenvalue weighted by atomic mass is 14.4. The number of hydrogen-bond donors (Lipinski definition) is 0. The first-order valence-corrected chi connectivity index (χ1v) is 10.8. The van der Waals surface area contributed by atoms with Gasteiger partial charge in [0.15, 0.2) is 0 Å². The molecule has 0 aliphatic heterocycles. The summed E-state index contributed by atoms with van der Waals surface area (Å²) in [6, 6.07) is 16.1. The first kappa shape index (κ1) is 18.5. The minimum absolute atomic E-state index is 0.208. The third-order valence-corrected chi connectivity index (χ3v) is 7.04. The average molecular weight is 359 g/mol. The van der Waals surface area contributed by atoms with Gasteiger partial charge in [-0.2, -0.15) is 0 Å². The lowest BCUT2D eigenvalue weighted by Crippen LogP contribution is -2.15.